The quantitative estimate of drug-likeness (QED) is 0.614. The van der Waals surface area contributed by atoms with Gasteiger partial charge in [0.15, 0.2) is 0 Å². The summed E-state index contributed by atoms with van der Waals surface area (Å²) in [7, 11) is 0. The van der Waals surface area contributed by atoms with E-state index in [1.54, 1.807) is 0 Å². The third-order valence-electron chi connectivity index (χ3n) is 1.90. The number of aldehydes is 1. The lowest BCUT2D eigenvalue weighted by molar-refractivity contribution is -0.138. The smallest absolute Gasteiger partial charge is 0.303 e. The third-order valence-corrected chi connectivity index (χ3v) is 2.58. The molecule has 0 radical (unpaired) electrons. The van der Waals surface area contributed by atoms with E-state index < -0.39 is 11.7 Å². The molecule has 1 aromatic carbocycles. The largest absolute Gasteiger partial charge is 0.416 e. The van der Waals surface area contributed by atoms with Crippen molar-refractivity contribution in [3.63, 3.8) is 0 Å². The van der Waals surface area contributed by atoms with Crippen molar-refractivity contribution in [2.24, 2.45) is 0 Å². The molecule has 82 valence electrons. The lowest BCUT2D eigenvalue weighted by Crippen LogP contribution is -2.09. The van der Waals surface area contributed by atoms with E-state index in [2.05, 4.69) is 0 Å². The van der Waals surface area contributed by atoms with E-state index >= 15 is 0 Å². The van der Waals surface area contributed by atoms with Crippen molar-refractivity contribution in [1.29, 1.82) is 0 Å². The number of benzene rings is 1. The molecule has 0 fully saturated rings. The zero-order chi connectivity index (χ0) is 11.5. The van der Waals surface area contributed by atoms with E-state index in [4.69, 9.17) is 0 Å². The van der Waals surface area contributed by atoms with E-state index in [1.165, 1.54) is 12.1 Å². The number of rotatable bonds is 3. The highest BCUT2D eigenvalue weighted by Gasteiger charge is 2.32. The molecule has 5 heteroatoms. The molecule has 15 heavy (non-hydrogen) atoms. The second-order valence-electron chi connectivity index (χ2n) is 3.00. The first-order valence-corrected chi connectivity index (χ1v) is 5.32. The second kappa shape index (κ2) is 4.96. The first kappa shape index (κ1) is 12.5. The molecular formula is C10H8F3IO. The van der Waals surface area contributed by atoms with Gasteiger partial charge in [-0.15, -0.1) is 0 Å². The Bertz CT molecular complexity index is 360. The Morgan fingerprint density at radius 1 is 1.33 bits per heavy atom. The van der Waals surface area contributed by atoms with Crippen molar-refractivity contribution in [2.45, 2.75) is 19.0 Å². The fourth-order valence-corrected chi connectivity index (χ4v) is 1.82. The topological polar surface area (TPSA) is 17.1 Å². The summed E-state index contributed by atoms with van der Waals surface area (Å²) < 4.78 is 38.3. The molecule has 0 aliphatic heterocycles. The Labute approximate surface area is 98.8 Å². The van der Waals surface area contributed by atoms with Crippen LogP contribution in [-0.4, -0.2) is 6.29 Å². The Balaban J connectivity index is 3.08. The van der Waals surface area contributed by atoms with E-state index in [0.717, 1.165) is 9.64 Å². The van der Waals surface area contributed by atoms with Crippen LogP contribution in [0.5, 0.6) is 0 Å². The molecule has 0 aromatic heterocycles. The first-order valence-electron chi connectivity index (χ1n) is 4.24. The Morgan fingerprint density at radius 3 is 2.53 bits per heavy atom. The molecule has 0 saturated carbocycles. The number of alkyl halides is 3. The summed E-state index contributed by atoms with van der Waals surface area (Å²) in [6.07, 6.45) is -3.47. The summed E-state index contributed by atoms with van der Waals surface area (Å²) >= 11 is 1.95. The number of halogens is 4. The van der Waals surface area contributed by atoms with Crippen LogP contribution in [0.15, 0.2) is 18.2 Å². The van der Waals surface area contributed by atoms with Gasteiger partial charge in [-0.05, 0) is 52.8 Å². The maximum atomic E-state index is 12.5. The molecule has 0 saturated heterocycles. The van der Waals surface area contributed by atoms with Crippen molar-refractivity contribution in [3.05, 3.63) is 32.9 Å². The van der Waals surface area contributed by atoms with Crippen LogP contribution in [0, 0.1) is 3.57 Å². The predicted molar refractivity (Wildman–Crippen MR) is 58.5 cm³/mol. The maximum absolute atomic E-state index is 12.5. The first-order chi connectivity index (χ1) is 6.95. The minimum Gasteiger partial charge on any atom is -0.303 e. The highest BCUT2D eigenvalue weighted by atomic mass is 127. The molecule has 0 amide bonds. The Morgan fingerprint density at radius 2 is 2.00 bits per heavy atom. The van der Waals surface area contributed by atoms with E-state index in [1.807, 2.05) is 22.6 Å². The lowest BCUT2D eigenvalue weighted by Gasteiger charge is -2.12. The van der Waals surface area contributed by atoms with Crippen molar-refractivity contribution in [3.8, 4) is 0 Å². The number of aryl methyl sites for hydroxylation is 1. The highest BCUT2D eigenvalue weighted by molar-refractivity contribution is 14.1. The average Bonchev–Trinajstić information content (AvgIpc) is 2.12. The van der Waals surface area contributed by atoms with Crippen LogP contribution in [0.3, 0.4) is 0 Å². The van der Waals surface area contributed by atoms with Crippen LogP contribution in [0.4, 0.5) is 13.2 Å². The zero-order valence-corrected chi connectivity index (χ0v) is 9.80. The number of hydrogen-bond acceptors (Lipinski definition) is 1. The molecule has 0 aliphatic carbocycles. The van der Waals surface area contributed by atoms with Crippen molar-refractivity contribution >= 4 is 28.9 Å². The fraction of sp³-hybridized carbons (Fsp3) is 0.300. The minimum atomic E-state index is -4.34. The molecule has 0 unspecified atom stereocenters. The average molecular weight is 328 g/mol. The van der Waals surface area contributed by atoms with Crippen LogP contribution in [0.1, 0.15) is 17.5 Å². The molecule has 0 N–H and O–H groups in total. The van der Waals surface area contributed by atoms with E-state index in [9.17, 15) is 18.0 Å². The van der Waals surface area contributed by atoms with E-state index in [0.29, 0.717) is 6.29 Å². The molecule has 1 nitrogen and oxygen atoms in total. The standard InChI is InChI=1S/C10H8F3IO/c11-10(12,13)9-4-3-8(14)6-7(9)2-1-5-15/h3-6H,1-2H2. The van der Waals surface area contributed by atoms with Crippen LogP contribution < -0.4 is 0 Å². The van der Waals surface area contributed by atoms with Gasteiger partial charge in [0.25, 0.3) is 0 Å². The zero-order valence-electron chi connectivity index (χ0n) is 7.64. The van der Waals surface area contributed by atoms with Gasteiger partial charge in [-0.25, -0.2) is 0 Å². The molecule has 1 aromatic rings. The molecular weight excluding hydrogens is 320 g/mol. The predicted octanol–water partition coefficient (Wildman–Crippen LogP) is 3.44. The van der Waals surface area contributed by atoms with Gasteiger partial charge >= 0.3 is 6.18 Å². The Hall–Kier alpha value is -0.590. The lowest BCUT2D eigenvalue weighted by atomic mass is 10.0. The highest BCUT2D eigenvalue weighted by Crippen LogP contribution is 2.33. The van der Waals surface area contributed by atoms with Gasteiger partial charge in [-0.1, -0.05) is 0 Å². The van der Waals surface area contributed by atoms with Gasteiger partial charge in [0.05, 0.1) is 5.56 Å². The monoisotopic (exact) mass is 328 g/mol. The van der Waals surface area contributed by atoms with Crippen molar-refractivity contribution < 1.29 is 18.0 Å². The van der Waals surface area contributed by atoms with Gasteiger partial charge in [-0.3, -0.25) is 0 Å². The van der Waals surface area contributed by atoms with Gasteiger partial charge in [-0.2, -0.15) is 13.2 Å². The van der Waals surface area contributed by atoms with Gasteiger partial charge < -0.3 is 4.79 Å². The van der Waals surface area contributed by atoms with Crippen molar-refractivity contribution in [2.75, 3.05) is 0 Å². The summed E-state index contributed by atoms with van der Waals surface area (Å²) in [5, 5.41) is 0. The van der Waals surface area contributed by atoms with Gasteiger partial charge in [0, 0.05) is 9.99 Å². The summed E-state index contributed by atoms with van der Waals surface area (Å²) in [4.78, 5) is 10.1. The summed E-state index contributed by atoms with van der Waals surface area (Å²) in [5.41, 5.74) is -0.466. The number of hydrogen-bond donors (Lipinski definition) is 0. The molecule has 0 bridgehead atoms. The van der Waals surface area contributed by atoms with Crippen LogP contribution in [-0.2, 0) is 17.4 Å². The minimum absolute atomic E-state index is 0.114. The maximum Gasteiger partial charge on any atom is 0.416 e. The second-order valence-corrected chi connectivity index (χ2v) is 4.25. The fourth-order valence-electron chi connectivity index (χ4n) is 1.26. The third kappa shape index (κ3) is 3.48. The molecule has 0 heterocycles. The van der Waals surface area contributed by atoms with Crippen LogP contribution >= 0.6 is 22.6 Å². The number of carbonyl (C=O) groups excluding carboxylic acids is 1. The molecule has 0 aliphatic rings. The van der Waals surface area contributed by atoms with Crippen molar-refractivity contribution in [1.82, 2.24) is 0 Å². The van der Waals surface area contributed by atoms with Gasteiger partial charge in [0.2, 0.25) is 0 Å². The molecule has 1 rings (SSSR count). The normalized spacial score (nSPS) is 11.5. The Kier molecular flexibility index (Phi) is 4.12. The van der Waals surface area contributed by atoms with E-state index in [-0.39, 0.29) is 18.4 Å². The van der Waals surface area contributed by atoms with Gasteiger partial charge in [0.1, 0.15) is 6.29 Å². The van der Waals surface area contributed by atoms with Crippen LogP contribution in [0.25, 0.3) is 0 Å². The molecule has 0 atom stereocenters. The summed E-state index contributed by atoms with van der Waals surface area (Å²) in [6.45, 7) is 0. The summed E-state index contributed by atoms with van der Waals surface area (Å²) in [6, 6.07) is 3.93. The van der Waals surface area contributed by atoms with Crippen LogP contribution in [0.2, 0.25) is 0 Å². The SMILES string of the molecule is O=CCCc1cc(I)ccc1C(F)(F)F. The molecule has 0 spiro atoms. The number of carbonyl (C=O) groups is 1. The summed E-state index contributed by atoms with van der Waals surface area (Å²) in [5.74, 6) is 0.